The van der Waals surface area contributed by atoms with E-state index in [-0.39, 0.29) is 56.8 Å². The van der Waals surface area contributed by atoms with E-state index < -0.39 is 35.7 Å². The molecule has 12 nitrogen and oxygen atoms in total. The molecule has 0 spiro atoms. The number of hydrogen-bond donors (Lipinski definition) is 0. The number of fused-ring (bicyclic) bond motifs is 10. The number of nitrogens with zero attached hydrogens (tertiary/aromatic N) is 2. The molecule has 6 fully saturated rings. The standard InChI is InChI=1S/C76H58N2O10/c1-6-9-10-11-12-13-14-15-16-17-18-19-20-21-22-23-24-25-26-27-28-29-30-31-32-33-34-35-36-37-38-39-40-41-72(77(58(4)79)44-42-75(83)87-56-64-50-62-52-68(64)70-48-60(46-66(62)70)54-85-73(81)7-2)78(59(5)80)45-43-76(84)88-57-65-51-63-53-69(65)71-49-61(47-67(63)71)55-86-74(82)8-3/h7-8,60-71H,1-3,42-57H2,4-5H3. The molecule has 4 bridgehead atoms. The van der Waals surface area contributed by atoms with Crippen LogP contribution in [-0.4, -0.2) is 85.0 Å². The summed E-state index contributed by atoms with van der Waals surface area (Å²) in [6.07, 6.45) is 10.1. The molecule has 0 N–H and O–H groups in total. The second kappa shape index (κ2) is 36.3. The molecule has 12 unspecified atom stereocenters. The lowest BCUT2D eigenvalue weighted by molar-refractivity contribution is -0.147. The van der Waals surface area contributed by atoms with Gasteiger partial charge in [0.2, 0.25) is 11.8 Å². The number of amides is 2. The lowest BCUT2D eigenvalue weighted by Gasteiger charge is -2.32. The molecule has 432 valence electrons. The fraction of sp³-hybridized carbons (Fsp3) is 0.395. The normalized spacial score (nSPS) is 22.2. The molecule has 6 aliphatic rings. The number of esters is 4. The van der Waals surface area contributed by atoms with Crippen LogP contribution in [0.2, 0.25) is 0 Å². The molecule has 0 aromatic rings. The molecule has 0 aromatic carbocycles. The predicted octanol–water partition coefficient (Wildman–Crippen LogP) is 10.3. The largest absolute Gasteiger partial charge is 0.465 e. The molecule has 0 heterocycles. The second-order valence-electron chi connectivity index (χ2n) is 21.1. The summed E-state index contributed by atoms with van der Waals surface area (Å²) >= 11 is 0. The Labute approximate surface area is 512 Å². The summed E-state index contributed by atoms with van der Waals surface area (Å²) in [4.78, 5) is 79.4. The van der Waals surface area contributed by atoms with E-state index in [1.54, 1.807) is 0 Å². The van der Waals surface area contributed by atoms with Gasteiger partial charge in [-0.1, -0.05) is 18.9 Å². The quantitative estimate of drug-likeness (QED) is 0.0563. The molecule has 2 amide bonds. The van der Waals surface area contributed by atoms with Gasteiger partial charge in [-0.15, -0.1) is 0 Å². The Morgan fingerprint density at radius 2 is 0.670 bits per heavy atom. The van der Waals surface area contributed by atoms with Crippen LogP contribution < -0.4 is 0 Å². The highest BCUT2D eigenvalue weighted by molar-refractivity contribution is 5.82. The first-order chi connectivity index (χ1) is 42.9. The topological polar surface area (TPSA) is 146 Å². The van der Waals surface area contributed by atoms with Gasteiger partial charge in [-0.05, 0) is 226 Å². The first-order valence-corrected chi connectivity index (χ1v) is 28.5. The van der Waals surface area contributed by atoms with E-state index in [0.717, 1.165) is 51.4 Å². The fourth-order valence-corrected chi connectivity index (χ4v) is 12.9. The minimum atomic E-state index is -0.509. The van der Waals surface area contributed by atoms with E-state index in [1.165, 1.54) is 35.8 Å². The minimum Gasteiger partial charge on any atom is -0.465 e. The SMILES string of the molecule is C=C=C=C=C=C=C=C=C=C=C=C=C=C=C=C=C=C=C=C=C=C=C=C=C=C=C=C=C=C=C=C=C=C=C=C(N(CCC(=O)OCC1CC2CC1C1CC(COC(=O)C=C)CC21)C(C)=O)N(CCC(=O)OCC1CC2CC1C1CC(COC(=O)C=C)CC21)C(C)=O. The number of ether oxygens (including phenoxy) is 4. The van der Waals surface area contributed by atoms with E-state index in [2.05, 4.69) is 215 Å². The van der Waals surface area contributed by atoms with Gasteiger partial charge in [0.1, 0.15) is 0 Å². The Morgan fingerprint density at radius 1 is 0.375 bits per heavy atom. The van der Waals surface area contributed by atoms with Gasteiger partial charge in [0.05, 0.1) is 39.3 Å². The number of rotatable bonds is 18. The highest BCUT2D eigenvalue weighted by Crippen LogP contribution is 2.63. The summed E-state index contributed by atoms with van der Waals surface area (Å²) in [6, 6.07) is 0. The van der Waals surface area contributed by atoms with E-state index in [9.17, 15) is 28.8 Å². The summed E-state index contributed by atoms with van der Waals surface area (Å²) in [7, 11) is 0. The van der Waals surface area contributed by atoms with Crippen LogP contribution in [0.1, 0.15) is 78.1 Å². The summed E-state index contributed by atoms with van der Waals surface area (Å²) in [5.41, 5.74) is 85.7. The molecule has 12 heteroatoms. The van der Waals surface area contributed by atoms with Crippen molar-refractivity contribution in [1.29, 1.82) is 0 Å². The molecule has 0 aliphatic heterocycles. The smallest absolute Gasteiger partial charge is 0.330 e. The lowest BCUT2D eigenvalue weighted by atomic mass is 9.76. The van der Waals surface area contributed by atoms with Gasteiger partial charge >= 0.3 is 23.9 Å². The maximum atomic E-state index is 13.4. The van der Waals surface area contributed by atoms with Crippen LogP contribution >= 0.6 is 0 Å². The van der Waals surface area contributed by atoms with Crippen molar-refractivity contribution in [2.45, 2.75) is 78.1 Å². The Morgan fingerprint density at radius 3 is 0.966 bits per heavy atom. The zero-order valence-electron chi connectivity index (χ0n) is 49.0. The van der Waals surface area contributed by atoms with Crippen molar-refractivity contribution >= 4 is 35.7 Å². The monoisotopic (exact) mass is 1160 g/mol. The molecule has 6 aliphatic carbocycles. The molecular formula is C76H58N2O10. The van der Waals surface area contributed by atoms with Gasteiger partial charge in [-0.2, -0.15) is 0 Å². The van der Waals surface area contributed by atoms with Crippen LogP contribution in [-0.2, 0) is 47.7 Å². The third kappa shape index (κ3) is 21.3. The van der Waals surface area contributed by atoms with Gasteiger partial charge in [0.15, 0.2) is 5.82 Å². The molecule has 0 radical (unpaired) electrons. The maximum absolute atomic E-state index is 13.4. The third-order valence-corrected chi connectivity index (χ3v) is 16.1. The van der Waals surface area contributed by atoms with Crippen LogP contribution in [0.25, 0.3) is 0 Å². The van der Waals surface area contributed by atoms with Gasteiger partial charge in [-0.3, -0.25) is 29.0 Å². The van der Waals surface area contributed by atoms with Gasteiger partial charge < -0.3 is 18.9 Å². The van der Waals surface area contributed by atoms with Crippen molar-refractivity contribution in [2.24, 2.45) is 71.0 Å². The molecular weight excluding hydrogens is 1100 g/mol. The van der Waals surface area contributed by atoms with Gasteiger partial charge in [0.25, 0.3) is 0 Å². The molecule has 6 saturated carbocycles. The summed E-state index contributed by atoms with van der Waals surface area (Å²) < 4.78 is 22.4. The van der Waals surface area contributed by atoms with E-state index in [1.807, 2.05) is 0 Å². The molecule has 0 saturated heterocycles. The lowest BCUT2D eigenvalue weighted by Crippen LogP contribution is -2.42. The fourth-order valence-electron chi connectivity index (χ4n) is 12.9. The zero-order valence-corrected chi connectivity index (χ0v) is 49.0. The zero-order chi connectivity index (χ0) is 62.7. The Hall–Kier alpha value is -11.4. The summed E-state index contributed by atoms with van der Waals surface area (Å²) in [6.45, 7) is 13.8. The minimum absolute atomic E-state index is 0.0724. The van der Waals surface area contributed by atoms with E-state index >= 15 is 0 Å². The maximum Gasteiger partial charge on any atom is 0.330 e. The van der Waals surface area contributed by atoms with Crippen LogP contribution in [0.5, 0.6) is 0 Å². The van der Waals surface area contributed by atoms with E-state index in [4.69, 9.17) is 18.9 Å². The Balaban J connectivity index is 1.16. The number of hydrogen-bond acceptors (Lipinski definition) is 10. The molecule has 0 aromatic heterocycles. The third-order valence-electron chi connectivity index (χ3n) is 16.1. The Bertz CT molecular complexity index is 4200. The highest BCUT2D eigenvalue weighted by atomic mass is 16.5. The van der Waals surface area contributed by atoms with Crippen LogP contribution in [0, 0.1) is 71.0 Å². The first kappa shape index (κ1) is 65.7. The average molecular weight is 1160 g/mol. The molecule has 12 atom stereocenters. The van der Waals surface area contributed by atoms with Crippen molar-refractivity contribution in [3.8, 4) is 0 Å². The van der Waals surface area contributed by atoms with Crippen molar-refractivity contribution in [3.63, 3.8) is 0 Å². The van der Waals surface area contributed by atoms with Crippen LogP contribution in [0.4, 0.5) is 0 Å². The molecule has 6 rings (SSSR count). The Kier molecular flexibility index (Phi) is 27.1. The number of carbonyl (C=O) groups is 6. The summed E-state index contributed by atoms with van der Waals surface area (Å²) in [5.74, 6) is 2.20. The van der Waals surface area contributed by atoms with Gasteiger partial charge in [0, 0.05) is 131 Å². The second-order valence-corrected chi connectivity index (χ2v) is 21.1. The van der Waals surface area contributed by atoms with Gasteiger partial charge in [-0.25, -0.2) is 9.59 Å². The molecule has 88 heavy (non-hydrogen) atoms. The average Bonchev–Trinajstić information content (AvgIpc) is 1.64. The van der Waals surface area contributed by atoms with Crippen molar-refractivity contribution in [2.75, 3.05) is 39.5 Å². The predicted molar refractivity (Wildman–Crippen MR) is 316 cm³/mol. The van der Waals surface area contributed by atoms with Crippen molar-refractivity contribution in [1.82, 2.24) is 9.80 Å². The van der Waals surface area contributed by atoms with Crippen LogP contribution in [0.15, 0.2) is 233 Å². The highest BCUT2D eigenvalue weighted by Gasteiger charge is 2.57. The first-order valence-electron chi connectivity index (χ1n) is 28.5. The van der Waals surface area contributed by atoms with Crippen molar-refractivity contribution in [3.05, 3.63) is 233 Å². The number of carbonyl (C=O) groups excluding carboxylic acids is 6. The van der Waals surface area contributed by atoms with E-state index in [0.29, 0.717) is 72.4 Å². The van der Waals surface area contributed by atoms with Crippen molar-refractivity contribution < 1.29 is 47.7 Å². The summed E-state index contributed by atoms with van der Waals surface area (Å²) in [5, 5.41) is 0. The van der Waals surface area contributed by atoms with Crippen LogP contribution in [0.3, 0.4) is 0 Å².